The maximum atomic E-state index is 11.8. The zero-order valence-electron chi connectivity index (χ0n) is 11.0. The number of nitrogens with zero attached hydrogens (tertiary/aromatic N) is 7. The first-order valence-corrected chi connectivity index (χ1v) is 5.60. The molecule has 124 valence electrons. The van der Waals surface area contributed by atoms with Gasteiger partial charge in [-0.05, 0) is 11.0 Å². The van der Waals surface area contributed by atoms with Crippen LogP contribution in [0, 0.1) is 45.7 Å². The predicted molar refractivity (Wildman–Crippen MR) is 69.1 cm³/mol. The van der Waals surface area contributed by atoms with Crippen LogP contribution in [0.4, 0.5) is 23.0 Å². The molecule has 1 aromatic carbocycles. The summed E-state index contributed by atoms with van der Waals surface area (Å²) in [4.78, 5) is 37.7. The lowest BCUT2D eigenvalue weighted by molar-refractivity contribution is -0.729. The Bertz CT molecular complexity index is 904. The average molecular weight is 341 g/mol. The maximum absolute atomic E-state index is 11.8. The van der Waals surface area contributed by atoms with Crippen molar-refractivity contribution in [1.29, 1.82) is 0 Å². The van der Waals surface area contributed by atoms with Crippen molar-refractivity contribution >= 4 is 23.0 Å². The summed E-state index contributed by atoms with van der Waals surface area (Å²) in [7, 11) is 0. The number of aromatic nitrogens is 3. The van der Waals surface area contributed by atoms with E-state index in [1.165, 1.54) is 0 Å². The van der Waals surface area contributed by atoms with Gasteiger partial charge in [0.1, 0.15) is 10.0 Å². The Labute approximate surface area is 128 Å². The molecule has 0 saturated carbocycles. The molecule has 16 heteroatoms. The maximum Gasteiger partial charge on any atom is 0.641 e. The number of non-ortho nitro benzene ring substituents is 1. The van der Waals surface area contributed by atoms with Gasteiger partial charge >= 0.3 is 17.3 Å². The molecule has 0 amide bonds. The van der Waals surface area contributed by atoms with Crippen molar-refractivity contribution < 1.29 is 24.5 Å². The van der Waals surface area contributed by atoms with E-state index in [9.17, 15) is 45.7 Å². The van der Waals surface area contributed by atoms with E-state index in [2.05, 4.69) is 5.10 Å². The molecule has 2 rings (SSSR count). The fourth-order valence-electron chi connectivity index (χ4n) is 1.71. The van der Waals surface area contributed by atoms with Crippen LogP contribution in [0.15, 0.2) is 18.2 Å². The van der Waals surface area contributed by atoms with Gasteiger partial charge in [0.15, 0.2) is 0 Å². The number of nitro groups is 4. The second kappa shape index (κ2) is 5.51. The first-order valence-electron chi connectivity index (χ1n) is 5.60. The van der Waals surface area contributed by atoms with Crippen molar-refractivity contribution in [2.24, 2.45) is 0 Å². The van der Waals surface area contributed by atoms with Gasteiger partial charge in [-0.3, -0.25) is 30.3 Å². The molecule has 0 N–H and O–H groups in total. The van der Waals surface area contributed by atoms with Crippen molar-refractivity contribution in [1.82, 2.24) is 9.90 Å². The number of benzene rings is 1. The topological polar surface area (TPSA) is 217 Å². The minimum atomic E-state index is -1.56. The molecule has 0 aliphatic heterocycles. The van der Waals surface area contributed by atoms with Gasteiger partial charge in [-0.25, -0.2) is 0 Å². The van der Waals surface area contributed by atoms with Crippen LogP contribution >= 0.6 is 0 Å². The minimum Gasteiger partial charge on any atom is -0.588 e. The molecule has 16 nitrogen and oxygen atoms in total. The lowest BCUT2D eigenvalue weighted by atomic mass is 10.2. The van der Waals surface area contributed by atoms with Crippen LogP contribution in [0.3, 0.4) is 0 Å². The third-order valence-electron chi connectivity index (χ3n) is 2.67. The molecule has 0 spiro atoms. The average Bonchev–Trinajstić information content (AvgIpc) is 2.84. The number of rotatable bonds is 5. The smallest absolute Gasteiger partial charge is 0.588 e. The summed E-state index contributed by atoms with van der Waals surface area (Å²) >= 11 is 0. The first kappa shape index (κ1) is 16.1. The Morgan fingerprint density at radius 3 is 1.96 bits per heavy atom. The van der Waals surface area contributed by atoms with Crippen LogP contribution in [0.1, 0.15) is 0 Å². The van der Waals surface area contributed by atoms with Gasteiger partial charge in [0.25, 0.3) is 5.69 Å². The van der Waals surface area contributed by atoms with E-state index in [1.54, 1.807) is 0 Å². The highest BCUT2D eigenvalue weighted by Crippen LogP contribution is 2.28. The molecule has 0 aliphatic carbocycles. The van der Waals surface area contributed by atoms with Gasteiger partial charge in [0.05, 0.1) is 20.7 Å². The van der Waals surface area contributed by atoms with Crippen LogP contribution in [-0.4, -0.2) is 29.6 Å². The second-order valence-corrected chi connectivity index (χ2v) is 4.01. The third-order valence-corrected chi connectivity index (χ3v) is 2.67. The number of hydrogen-bond donors (Lipinski definition) is 0. The van der Waals surface area contributed by atoms with Crippen LogP contribution in [0.5, 0.6) is 0 Å². The van der Waals surface area contributed by atoms with Gasteiger partial charge in [0.2, 0.25) is 5.69 Å². The fourth-order valence-corrected chi connectivity index (χ4v) is 1.71. The van der Waals surface area contributed by atoms with Crippen molar-refractivity contribution in [2.45, 2.75) is 0 Å². The van der Waals surface area contributed by atoms with E-state index in [0.29, 0.717) is 12.1 Å². The van der Waals surface area contributed by atoms with E-state index >= 15 is 0 Å². The van der Waals surface area contributed by atoms with Crippen molar-refractivity contribution in [3.63, 3.8) is 0 Å². The summed E-state index contributed by atoms with van der Waals surface area (Å²) in [5.41, 5.74) is -2.42. The predicted octanol–water partition coefficient (Wildman–Crippen LogP) is 0.138. The fraction of sp³-hybridized carbons (Fsp3) is 0. The van der Waals surface area contributed by atoms with E-state index in [1.807, 2.05) is 0 Å². The highest BCUT2D eigenvalue weighted by molar-refractivity contribution is 5.57. The number of nitro benzene ring substituents is 2. The third kappa shape index (κ3) is 2.49. The van der Waals surface area contributed by atoms with E-state index < -0.39 is 53.2 Å². The molecule has 2 aromatic rings. The lowest BCUT2D eigenvalue weighted by Gasteiger charge is -1.98. The van der Waals surface area contributed by atoms with Crippen LogP contribution in [0.2, 0.25) is 0 Å². The molecule has 0 aliphatic rings. The molecule has 0 fully saturated rings. The summed E-state index contributed by atoms with van der Waals surface area (Å²) in [5.74, 6) is -3.00. The van der Waals surface area contributed by atoms with E-state index in [0.717, 1.165) is 6.07 Å². The van der Waals surface area contributed by atoms with Crippen molar-refractivity contribution in [2.75, 3.05) is 0 Å². The zero-order chi connectivity index (χ0) is 18.2. The Hall–Kier alpha value is -4.24. The summed E-state index contributed by atoms with van der Waals surface area (Å²) < 4.78 is 0. The zero-order valence-corrected chi connectivity index (χ0v) is 11.0. The van der Waals surface area contributed by atoms with Gasteiger partial charge in [-0.1, -0.05) is 0 Å². The molecule has 1 heterocycles. The Balaban J connectivity index is 2.80. The summed E-state index contributed by atoms with van der Waals surface area (Å²) in [6.45, 7) is 0. The van der Waals surface area contributed by atoms with Crippen LogP contribution < -0.4 is 4.85 Å². The van der Waals surface area contributed by atoms with Gasteiger partial charge in [0, 0.05) is 10.9 Å². The highest BCUT2D eigenvalue weighted by Gasteiger charge is 2.46. The van der Waals surface area contributed by atoms with Crippen LogP contribution in [-0.2, 0) is 0 Å². The Morgan fingerprint density at radius 2 is 1.54 bits per heavy atom. The first-order chi connectivity index (χ1) is 11.1. The van der Waals surface area contributed by atoms with Gasteiger partial charge < -0.3 is 15.3 Å². The Morgan fingerprint density at radius 1 is 0.917 bits per heavy atom. The summed E-state index contributed by atoms with van der Waals surface area (Å²) in [6.07, 6.45) is 0. The van der Waals surface area contributed by atoms with Crippen molar-refractivity contribution in [3.05, 3.63) is 63.9 Å². The van der Waals surface area contributed by atoms with Gasteiger partial charge in [-0.15, -0.1) is 0 Å². The monoisotopic (exact) mass is 341 g/mol. The largest absolute Gasteiger partial charge is 0.641 e. The molecule has 0 bridgehead atoms. The summed E-state index contributed by atoms with van der Waals surface area (Å²) in [5, 5.41) is 58.1. The normalized spacial score (nSPS) is 10.3. The van der Waals surface area contributed by atoms with E-state index in [-0.39, 0.29) is 4.80 Å². The van der Waals surface area contributed by atoms with Gasteiger partial charge in [-0.2, -0.15) is 0 Å². The molecule has 0 radical (unpaired) electrons. The molecular weight excluding hydrogens is 338 g/mol. The minimum absolute atomic E-state index is 0.00186. The van der Waals surface area contributed by atoms with E-state index in [4.69, 9.17) is 0 Å². The summed E-state index contributed by atoms with van der Waals surface area (Å²) in [6, 6.07) is 1.96. The molecule has 0 unspecified atom stereocenters. The van der Waals surface area contributed by atoms with Crippen molar-refractivity contribution in [3.8, 4) is 5.69 Å². The molecule has 24 heavy (non-hydrogen) atoms. The Kier molecular flexibility index (Phi) is 3.71. The molecular formula is C8H3N7O9. The highest BCUT2D eigenvalue weighted by atomic mass is 16.7. The number of hydrogen-bond acceptors (Lipinski definition) is 10. The molecule has 1 aromatic heterocycles. The van der Waals surface area contributed by atoms with Crippen LogP contribution in [0.25, 0.3) is 5.69 Å². The second-order valence-electron chi connectivity index (χ2n) is 4.01. The molecule has 0 atom stereocenters. The quantitative estimate of drug-likeness (QED) is 0.309. The standard InChI is InChI=1S/C8H3N7O9/c16-11-8(15(23)24)7(14(21)22)9-10(11)5-2-1-4(12(17)18)3-6(5)13(19)20/h1-3H. The SMILES string of the molecule is O=[N+]([O-])c1ccc(-n2nc([N+](=O)[O-])c([N+](=O)[O-])[n+]2[O-])c([N+](=O)[O-])c1. The molecule has 0 saturated heterocycles. The lowest BCUT2D eigenvalue weighted by Crippen LogP contribution is -2.39.